The summed E-state index contributed by atoms with van der Waals surface area (Å²) in [7, 11) is 2.29. The van der Waals surface area contributed by atoms with Gasteiger partial charge in [-0.3, -0.25) is 9.00 Å². The Morgan fingerprint density at radius 3 is 2.82 bits per heavy atom. The second-order valence-corrected chi connectivity index (χ2v) is 10.3. The first-order valence-corrected chi connectivity index (χ1v) is 13.0. The highest BCUT2D eigenvalue weighted by Gasteiger charge is 2.35. The Labute approximate surface area is 201 Å². The fourth-order valence-electron chi connectivity index (χ4n) is 4.74. The monoisotopic (exact) mass is 487 g/mol. The Hall–Kier alpha value is -3.01. The molecule has 4 heterocycles. The highest BCUT2D eigenvalue weighted by Crippen LogP contribution is 2.41. The summed E-state index contributed by atoms with van der Waals surface area (Å²) in [4.78, 5) is 21.1. The molecule has 1 aromatic heterocycles. The summed E-state index contributed by atoms with van der Waals surface area (Å²) in [6, 6.07) is 7.68. The molecule has 0 spiro atoms. The molecule has 3 aliphatic rings. The van der Waals surface area contributed by atoms with Gasteiger partial charge in [0.15, 0.2) is 5.75 Å². The van der Waals surface area contributed by atoms with Crippen molar-refractivity contribution in [2.24, 2.45) is 5.92 Å². The van der Waals surface area contributed by atoms with Crippen molar-refractivity contribution in [1.82, 2.24) is 9.88 Å². The molecule has 3 atom stereocenters. The van der Waals surface area contributed by atoms with Crippen LogP contribution in [0.25, 0.3) is 0 Å². The molecule has 0 saturated carbocycles. The molecule has 9 nitrogen and oxygen atoms in total. The molecule has 182 valence electrons. The van der Waals surface area contributed by atoms with Gasteiger partial charge >= 0.3 is 0 Å². The van der Waals surface area contributed by atoms with Crippen LogP contribution in [0.3, 0.4) is 0 Å². The lowest BCUT2D eigenvalue weighted by Gasteiger charge is -2.31. The summed E-state index contributed by atoms with van der Waals surface area (Å²) in [6.45, 7) is 2.43. The van der Waals surface area contributed by atoms with E-state index < -0.39 is 10.8 Å². The van der Waals surface area contributed by atoms with Crippen LogP contribution < -0.4 is 23.8 Å². The minimum absolute atomic E-state index is 0.0744. The Bertz CT molecular complexity index is 1100. The zero-order chi connectivity index (χ0) is 23.7. The van der Waals surface area contributed by atoms with E-state index in [0.29, 0.717) is 49.4 Å². The quantitative estimate of drug-likeness (QED) is 0.614. The van der Waals surface area contributed by atoms with Crippen LogP contribution in [-0.2, 0) is 15.6 Å². The largest absolute Gasteiger partial charge is 0.491 e. The molecule has 1 aromatic carbocycles. The van der Waals surface area contributed by atoms with Crippen LogP contribution in [0.5, 0.6) is 23.1 Å². The molecule has 0 bridgehead atoms. The van der Waals surface area contributed by atoms with E-state index in [9.17, 15) is 9.00 Å². The second-order valence-electron chi connectivity index (χ2n) is 8.64. The van der Waals surface area contributed by atoms with Gasteiger partial charge in [0.25, 0.3) is 5.88 Å². The van der Waals surface area contributed by atoms with Crippen molar-refractivity contribution < 1.29 is 28.0 Å². The number of fused-ring (bicyclic) bond motifs is 1. The number of methoxy groups -OCH3 is 2. The van der Waals surface area contributed by atoms with Gasteiger partial charge in [0.1, 0.15) is 24.2 Å². The normalized spacial score (nSPS) is 23.9. The Morgan fingerprint density at radius 2 is 2.06 bits per heavy atom. The zero-order valence-corrected chi connectivity index (χ0v) is 20.2. The van der Waals surface area contributed by atoms with E-state index in [-0.39, 0.29) is 17.9 Å². The number of hydrogen-bond acceptors (Lipinski definition) is 8. The molecule has 0 aliphatic carbocycles. The van der Waals surface area contributed by atoms with Crippen LogP contribution >= 0.6 is 0 Å². The smallest absolute Gasteiger partial charge is 0.256 e. The van der Waals surface area contributed by atoms with Gasteiger partial charge in [0.2, 0.25) is 5.91 Å². The number of benzene rings is 1. The SMILES string of the molecule is COc1cc(N2CCOc3ccc(O[C@H]4CCN(C(=O)C5CCS(=O)C5)C4)cc32)cnc1OC. The fraction of sp³-hybridized carbons (Fsp3) is 0.500. The van der Waals surface area contributed by atoms with Crippen molar-refractivity contribution in [3.05, 3.63) is 30.5 Å². The standard InChI is InChI=1S/C24H29N3O6S/c1-30-22-11-17(13-25-23(22)31-2)27-8-9-32-21-4-3-18(12-20(21)27)33-19-5-7-26(14-19)24(28)16-6-10-34(29)15-16/h3-4,11-13,16,19H,5-10,14-15H2,1-2H3/t16?,19-,34?/m0/s1. The molecule has 34 heavy (non-hydrogen) atoms. The molecule has 0 radical (unpaired) electrons. The predicted molar refractivity (Wildman–Crippen MR) is 128 cm³/mol. The number of anilines is 2. The van der Waals surface area contributed by atoms with Crippen molar-refractivity contribution in [2.45, 2.75) is 18.9 Å². The lowest BCUT2D eigenvalue weighted by Crippen LogP contribution is -2.36. The van der Waals surface area contributed by atoms with Gasteiger partial charge in [-0.25, -0.2) is 4.98 Å². The molecular formula is C24H29N3O6S. The number of amides is 1. The molecule has 3 aliphatic heterocycles. The van der Waals surface area contributed by atoms with Crippen molar-refractivity contribution in [2.75, 3.05) is 56.9 Å². The maximum absolute atomic E-state index is 12.8. The first kappa shape index (κ1) is 22.8. The molecular weight excluding hydrogens is 458 g/mol. The van der Waals surface area contributed by atoms with Gasteiger partial charge in [0, 0.05) is 47.4 Å². The Morgan fingerprint density at radius 1 is 1.18 bits per heavy atom. The molecule has 2 fully saturated rings. The summed E-state index contributed by atoms with van der Waals surface area (Å²) in [5, 5.41) is 0. The maximum Gasteiger partial charge on any atom is 0.256 e. The Kier molecular flexibility index (Phi) is 6.49. The predicted octanol–water partition coefficient (Wildman–Crippen LogP) is 2.38. The van der Waals surface area contributed by atoms with Crippen molar-refractivity contribution >= 4 is 28.1 Å². The summed E-state index contributed by atoms with van der Waals surface area (Å²) < 4.78 is 34.5. The molecule has 0 N–H and O–H groups in total. The minimum Gasteiger partial charge on any atom is -0.491 e. The summed E-state index contributed by atoms with van der Waals surface area (Å²) in [6.07, 6.45) is 3.17. The van der Waals surface area contributed by atoms with Crippen molar-refractivity contribution in [1.29, 1.82) is 0 Å². The average molecular weight is 488 g/mol. The highest BCUT2D eigenvalue weighted by molar-refractivity contribution is 7.85. The van der Waals surface area contributed by atoms with Crippen LogP contribution in [0.15, 0.2) is 30.5 Å². The molecule has 1 amide bonds. The fourth-order valence-corrected chi connectivity index (χ4v) is 6.21. The summed E-state index contributed by atoms with van der Waals surface area (Å²) in [5.41, 5.74) is 1.75. The summed E-state index contributed by atoms with van der Waals surface area (Å²) >= 11 is 0. The molecule has 10 heteroatoms. The highest BCUT2D eigenvalue weighted by atomic mass is 32.2. The lowest BCUT2D eigenvalue weighted by molar-refractivity contribution is -0.133. The third-order valence-electron chi connectivity index (χ3n) is 6.51. The van der Waals surface area contributed by atoms with Crippen LogP contribution in [0.2, 0.25) is 0 Å². The van der Waals surface area contributed by atoms with E-state index in [1.807, 2.05) is 29.2 Å². The average Bonchev–Trinajstić information content (AvgIpc) is 3.52. The molecule has 2 saturated heterocycles. The number of rotatable bonds is 6. The van der Waals surface area contributed by atoms with Gasteiger partial charge in [-0.2, -0.15) is 0 Å². The first-order chi connectivity index (χ1) is 16.6. The maximum atomic E-state index is 12.8. The van der Waals surface area contributed by atoms with E-state index in [1.165, 1.54) is 0 Å². The molecule has 2 aromatic rings. The van der Waals surface area contributed by atoms with Gasteiger partial charge in [-0.05, 0) is 18.6 Å². The van der Waals surface area contributed by atoms with Crippen molar-refractivity contribution in [3.63, 3.8) is 0 Å². The Balaban J connectivity index is 1.30. The number of likely N-dealkylation sites (tertiary alicyclic amines) is 1. The van der Waals surface area contributed by atoms with Crippen LogP contribution in [0.4, 0.5) is 11.4 Å². The van der Waals surface area contributed by atoms with E-state index in [2.05, 4.69) is 9.88 Å². The molecule has 5 rings (SSSR count). The van der Waals surface area contributed by atoms with Crippen molar-refractivity contribution in [3.8, 4) is 23.1 Å². The van der Waals surface area contributed by atoms with Crippen LogP contribution in [0.1, 0.15) is 12.8 Å². The van der Waals surface area contributed by atoms with Crippen LogP contribution in [0, 0.1) is 5.92 Å². The summed E-state index contributed by atoms with van der Waals surface area (Å²) in [5.74, 6) is 3.62. The van der Waals surface area contributed by atoms with Gasteiger partial charge in [0.05, 0.1) is 50.8 Å². The van der Waals surface area contributed by atoms with E-state index in [0.717, 1.165) is 35.7 Å². The topological polar surface area (TPSA) is 90.4 Å². The third kappa shape index (κ3) is 4.51. The van der Waals surface area contributed by atoms with Gasteiger partial charge in [-0.15, -0.1) is 0 Å². The van der Waals surface area contributed by atoms with Gasteiger partial charge < -0.3 is 28.7 Å². The zero-order valence-electron chi connectivity index (χ0n) is 19.4. The second kappa shape index (κ2) is 9.69. The third-order valence-corrected chi connectivity index (χ3v) is 7.98. The number of aromatic nitrogens is 1. The number of carbonyl (C=O) groups excluding carboxylic acids is 1. The van der Waals surface area contributed by atoms with E-state index >= 15 is 0 Å². The lowest BCUT2D eigenvalue weighted by atomic mass is 10.1. The minimum atomic E-state index is -0.853. The van der Waals surface area contributed by atoms with Gasteiger partial charge in [-0.1, -0.05) is 0 Å². The first-order valence-electron chi connectivity index (χ1n) is 11.5. The number of carbonyl (C=O) groups is 1. The van der Waals surface area contributed by atoms with E-state index in [4.69, 9.17) is 18.9 Å². The number of hydrogen-bond donors (Lipinski definition) is 0. The number of ether oxygens (including phenoxy) is 4. The van der Waals surface area contributed by atoms with E-state index in [1.54, 1.807) is 20.4 Å². The molecule has 2 unspecified atom stereocenters. The number of pyridine rings is 1. The number of nitrogens with zero attached hydrogens (tertiary/aromatic N) is 3. The van der Waals surface area contributed by atoms with Crippen LogP contribution in [-0.4, -0.2) is 78.1 Å².